The van der Waals surface area contributed by atoms with Gasteiger partial charge in [-0.25, -0.2) is 8.42 Å². The molecule has 1 saturated carbocycles. The summed E-state index contributed by atoms with van der Waals surface area (Å²) in [5.74, 6) is 0.547. The molecule has 20 heavy (non-hydrogen) atoms. The zero-order valence-corrected chi connectivity index (χ0v) is 15.0. The van der Waals surface area contributed by atoms with E-state index in [1.165, 1.54) is 37.0 Å². The molecule has 1 aliphatic heterocycles. The molecule has 1 atom stereocenters. The average molecular weight is 399 g/mol. The SMILES string of the molecule is O=S(=O)(c1cc(Cl)c(Br)s1)N1CCCC1C1CCCC1. The Bertz CT molecular complexity index is 576. The predicted molar refractivity (Wildman–Crippen MR) is 85.9 cm³/mol. The van der Waals surface area contributed by atoms with Crippen LogP contribution in [0.5, 0.6) is 0 Å². The Morgan fingerprint density at radius 2 is 1.95 bits per heavy atom. The number of thiophene rings is 1. The fraction of sp³-hybridized carbons (Fsp3) is 0.692. The second-order valence-corrected chi connectivity index (χ2v) is 10.5. The van der Waals surface area contributed by atoms with Crippen LogP contribution in [0.25, 0.3) is 0 Å². The van der Waals surface area contributed by atoms with Crippen LogP contribution < -0.4 is 0 Å². The van der Waals surface area contributed by atoms with Crippen molar-refractivity contribution < 1.29 is 8.42 Å². The fourth-order valence-corrected chi connectivity index (χ4v) is 7.73. The summed E-state index contributed by atoms with van der Waals surface area (Å²) >= 11 is 10.5. The lowest BCUT2D eigenvalue weighted by atomic mass is 9.97. The van der Waals surface area contributed by atoms with E-state index in [0.717, 1.165) is 12.8 Å². The molecular formula is C13H17BrClNO2S2. The third kappa shape index (κ3) is 2.70. The summed E-state index contributed by atoms with van der Waals surface area (Å²) in [4.78, 5) is 0. The summed E-state index contributed by atoms with van der Waals surface area (Å²) in [7, 11) is -3.39. The number of hydrogen-bond donors (Lipinski definition) is 0. The van der Waals surface area contributed by atoms with Crippen LogP contribution in [0.4, 0.5) is 0 Å². The van der Waals surface area contributed by atoms with Gasteiger partial charge in [0.2, 0.25) is 0 Å². The molecule has 0 aromatic carbocycles. The lowest BCUT2D eigenvalue weighted by Gasteiger charge is -2.28. The first kappa shape index (κ1) is 15.3. The normalized spacial score (nSPS) is 25.6. The van der Waals surface area contributed by atoms with Gasteiger partial charge in [0.15, 0.2) is 0 Å². The molecule has 2 heterocycles. The van der Waals surface area contributed by atoms with E-state index >= 15 is 0 Å². The quantitative estimate of drug-likeness (QED) is 0.751. The first-order valence-electron chi connectivity index (χ1n) is 6.97. The molecule has 2 fully saturated rings. The van der Waals surface area contributed by atoms with Gasteiger partial charge in [0.05, 0.1) is 8.81 Å². The molecule has 2 aliphatic rings. The van der Waals surface area contributed by atoms with Gasteiger partial charge < -0.3 is 0 Å². The van der Waals surface area contributed by atoms with E-state index in [0.29, 0.717) is 25.5 Å². The summed E-state index contributed by atoms with van der Waals surface area (Å²) in [6, 6.07) is 1.76. The van der Waals surface area contributed by atoms with Crippen molar-refractivity contribution in [2.24, 2.45) is 5.92 Å². The second kappa shape index (κ2) is 5.88. The number of halogens is 2. The minimum absolute atomic E-state index is 0.196. The Labute approximate surface area is 137 Å². The van der Waals surface area contributed by atoms with Gasteiger partial charge >= 0.3 is 0 Å². The van der Waals surface area contributed by atoms with Gasteiger partial charge in [0.1, 0.15) is 4.21 Å². The molecular weight excluding hydrogens is 382 g/mol. The van der Waals surface area contributed by atoms with Crippen molar-refractivity contribution in [3.05, 3.63) is 14.9 Å². The lowest BCUT2D eigenvalue weighted by Crippen LogP contribution is -2.39. The van der Waals surface area contributed by atoms with E-state index in [9.17, 15) is 8.42 Å². The topological polar surface area (TPSA) is 37.4 Å². The van der Waals surface area contributed by atoms with Crippen LogP contribution in [0.15, 0.2) is 14.1 Å². The van der Waals surface area contributed by atoms with Crippen molar-refractivity contribution in [1.29, 1.82) is 0 Å². The van der Waals surface area contributed by atoms with Crippen molar-refractivity contribution in [1.82, 2.24) is 4.31 Å². The fourth-order valence-electron chi connectivity index (χ4n) is 3.45. The number of nitrogens with zero attached hydrogens (tertiary/aromatic N) is 1. The minimum atomic E-state index is -3.39. The maximum Gasteiger partial charge on any atom is 0.252 e. The smallest absolute Gasteiger partial charge is 0.206 e. The predicted octanol–water partition coefficient (Wildman–Crippen LogP) is 4.51. The van der Waals surface area contributed by atoms with Gasteiger partial charge in [-0.2, -0.15) is 4.31 Å². The molecule has 3 nitrogen and oxygen atoms in total. The molecule has 1 aliphatic carbocycles. The molecule has 1 aromatic heterocycles. The van der Waals surface area contributed by atoms with Gasteiger partial charge in [-0.05, 0) is 53.6 Å². The van der Waals surface area contributed by atoms with Crippen molar-refractivity contribution in [3.63, 3.8) is 0 Å². The molecule has 0 amide bonds. The summed E-state index contributed by atoms with van der Waals surface area (Å²) < 4.78 is 28.4. The molecule has 1 unspecified atom stereocenters. The van der Waals surface area contributed by atoms with E-state index in [-0.39, 0.29) is 6.04 Å². The molecule has 112 valence electrons. The van der Waals surface area contributed by atoms with Gasteiger partial charge in [-0.3, -0.25) is 0 Å². The third-order valence-corrected chi connectivity index (χ3v) is 9.23. The Kier molecular flexibility index (Phi) is 4.49. The van der Waals surface area contributed by atoms with Gasteiger partial charge in [0.25, 0.3) is 10.0 Å². The average Bonchev–Trinajstić information content (AvgIpc) is 3.10. The van der Waals surface area contributed by atoms with Gasteiger partial charge in [0, 0.05) is 12.6 Å². The maximum atomic E-state index is 12.8. The Morgan fingerprint density at radius 1 is 1.25 bits per heavy atom. The Balaban J connectivity index is 1.89. The number of sulfonamides is 1. The zero-order valence-electron chi connectivity index (χ0n) is 11.0. The first-order chi connectivity index (χ1) is 9.50. The monoisotopic (exact) mass is 397 g/mol. The van der Waals surface area contributed by atoms with Crippen LogP contribution in [0, 0.1) is 5.92 Å². The van der Waals surface area contributed by atoms with Crippen LogP contribution in [-0.4, -0.2) is 25.3 Å². The van der Waals surface area contributed by atoms with E-state index in [1.807, 2.05) is 0 Å². The van der Waals surface area contributed by atoms with Crippen LogP contribution in [0.2, 0.25) is 5.02 Å². The summed E-state index contributed by atoms with van der Waals surface area (Å²) in [6.45, 7) is 0.649. The van der Waals surface area contributed by atoms with Crippen LogP contribution >= 0.6 is 38.9 Å². The summed E-state index contributed by atoms with van der Waals surface area (Å²) in [5.41, 5.74) is 0. The van der Waals surface area contributed by atoms with Crippen LogP contribution in [0.1, 0.15) is 38.5 Å². The van der Waals surface area contributed by atoms with Crippen molar-refractivity contribution in [3.8, 4) is 0 Å². The standard InChI is InChI=1S/C13H17BrClNO2S2/c14-13-10(15)8-12(19-13)20(17,18)16-7-3-6-11(16)9-4-1-2-5-9/h8-9,11H,1-7H2. The first-order valence-corrected chi connectivity index (χ1v) is 10.4. The summed E-state index contributed by atoms with van der Waals surface area (Å²) in [5, 5.41) is 0.477. The number of hydrogen-bond acceptors (Lipinski definition) is 3. The van der Waals surface area contributed by atoms with Crippen LogP contribution in [0.3, 0.4) is 0 Å². The van der Waals surface area contributed by atoms with Crippen molar-refractivity contribution in [2.45, 2.75) is 48.8 Å². The Morgan fingerprint density at radius 3 is 2.55 bits per heavy atom. The number of rotatable bonds is 3. The largest absolute Gasteiger partial charge is 0.252 e. The highest BCUT2D eigenvalue weighted by molar-refractivity contribution is 9.11. The van der Waals surface area contributed by atoms with E-state index < -0.39 is 10.0 Å². The summed E-state index contributed by atoms with van der Waals surface area (Å²) in [6.07, 6.45) is 6.80. The maximum absolute atomic E-state index is 12.8. The van der Waals surface area contributed by atoms with Crippen molar-refractivity contribution >= 4 is 48.9 Å². The zero-order chi connectivity index (χ0) is 14.3. The highest BCUT2D eigenvalue weighted by atomic mass is 79.9. The van der Waals surface area contributed by atoms with E-state index in [2.05, 4.69) is 15.9 Å². The lowest BCUT2D eigenvalue weighted by molar-refractivity contribution is 0.289. The highest BCUT2D eigenvalue weighted by Crippen LogP contribution is 2.41. The molecule has 1 aromatic rings. The molecule has 0 bridgehead atoms. The molecule has 3 rings (SSSR count). The Hall–Kier alpha value is 0.380. The van der Waals surface area contributed by atoms with E-state index in [4.69, 9.17) is 11.6 Å². The van der Waals surface area contributed by atoms with E-state index in [1.54, 1.807) is 10.4 Å². The van der Waals surface area contributed by atoms with Gasteiger partial charge in [-0.15, -0.1) is 11.3 Å². The molecule has 7 heteroatoms. The highest BCUT2D eigenvalue weighted by Gasteiger charge is 2.41. The van der Waals surface area contributed by atoms with Crippen LogP contribution in [-0.2, 0) is 10.0 Å². The second-order valence-electron chi connectivity index (χ2n) is 5.56. The molecule has 0 spiro atoms. The van der Waals surface area contributed by atoms with Crippen molar-refractivity contribution in [2.75, 3.05) is 6.54 Å². The minimum Gasteiger partial charge on any atom is -0.206 e. The molecule has 0 N–H and O–H groups in total. The van der Waals surface area contributed by atoms with Gasteiger partial charge in [-0.1, -0.05) is 24.4 Å². The molecule has 1 saturated heterocycles. The third-order valence-electron chi connectivity index (χ3n) is 4.38. The molecule has 0 radical (unpaired) electrons.